The highest BCUT2D eigenvalue weighted by atomic mass is 32.2. The molecular formula is C26H25N3O4S. The second-order valence-electron chi connectivity index (χ2n) is 7.73. The van der Waals surface area contributed by atoms with E-state index in [1.54, 1.807) is 53.8 Å². The maximum absolute atomic E-state index is 13.6. The van der Waals surface area contributed by atoms with Gasteiger partial charge in [-0.1, -0.05) is 54.6 Å². The summed E-state index contributed by atoms with van der Waals surface area (Å²) in [4.78, 5) is 19.3. The lowest BCUT2D eigenvalue weighted by molar-refractivity contribution is -0.132. The molecule has 0 aliphatic rings. The first-order chi connectivity index (χ1) is 16.5. The SMILES string of the molecule is C=CCN(CC(=O)N(Cc1ccccc1)Cc1ccco1)S(=O)(=O)c1cccc2cccnc12. The van der Waals surface area contributed by atoms with E-state index < -0.39 is 10.0 Å². The number of pyridine rings is 1. The number of para-hydroxylation sites is 1. The molecule has 8 heteroatoms. The van der Waals surface area contributed by atoms with Gasteiger partial charge in [-0.3, -0.25) is 9.78 Å². The van der Waals surface area contributed by atoms with Crippen molar-refractivity contribution in [3.05, 3.63) is 109 Å². The minimum atomic E-state index is -4.02. The average Bonchev–Trinajstić information content (AvgIpc) is 3.37. The van der Waals surface area contributed by atoms with Gasteiger partial charge in [-0.15, -0.1) is 6.58 Å². The van der Waals surface area contributed by atoms with E-state index in [-0.39, 0.29) is 30.4 Å². The Balaban J connectivity index is 1.64. The average molecular weight is 476 g/mol. The number of hydrogen-bond donors (Lipinski definition) is 0. The lowest BCUT2D eigenvalue weighted by Crippen LogP contribution is -2.42. The molecule has 0 spiro atoms. The largest absolute Gasteiger partial charge is 0.467 e. The molecule has 0 aliphatic heterocycles. The topological polar surface area (TPSA) is 83.7 Å². The monoisotopic (exact) mass is 475 g/mol. The van der Waals surface area contributed by atoms with Crippen LogP contribution < -0.4 is 0 Å². The Labute approximate surface area is 199 Å². The van der Waals surface area contributed by atoms with Crippen molar-refractivity contribution in [2.45, 2.75) is 18.0 Å². The summed E-state index contributed by atoms with van der Waals surface area (Å²) < 4.78 is 33.8. The first-order valence-corrected chi connectivity index (χ1v) is 12.2. The van der Waals surface area contributed by atoms with E-state index in [4.69, 9.17) is 4.42 Å². The van der Waals surface area contributed by atoms with Crippen LogP contribution in [-0.2, 0) is 27.9 Å². The zero-order chi connectivity index (χ0) is 24.0. The van der Waals surface area contributed by atoms with Crippen LogP contribution in [0.5, 0.6) is 0 Å². The number of sulfonamides is 1. The molecule has 4 rings (SSSR count). The van der Waals surface area contributed by atoms with Gasteiger partial charge >= 0.3 is 0 Å². The summed E-state index contributed by atoms with van der Waals surface area (Å²) in [5, 5.41) is 0.706. The van der Waals surface area contributed by atoms with Crippen molar-refractivity contribution in [1.82, 2.24) is 14.2 Å². The fourth-order valence-corrected chi connectivity index (χ4v) is 5.22. The van der Waals surface area contributed by atoms with Crippen LogP contribution in [0.3, 0.4) is 0 Å². The number of rotatable bonds is 10. The summed E-state index contributed by atoms with van der Waals surface area (Å²) in [6, 6.07) is 21.6. The van der Waals surface area contributed by atoms with Crippen LogP contribution >= 0.6 is 0 Å². The maximum Gasteiger partial charge on any atom is 0.246 e. The number of furan rings is 1. The second kappa shape index (κ2) is 10.5. The molecule has 0 unspecified atom stereocenters. The molecule has 0 fully saturated rings. The fraction of sp³-hybridized carbons (Fsp3) is 0.154. The van der Waals surface area contributed by atoms with Gasteiger partial charge < -0.3 is 9.32 Å². The van der Waals surface area contributed by atoms with Crippen molar-refractivity contribution in [3.8, 4) is 0 Å². The summed E-state index contributed by atoms with van der Waals surface area (Å²) in [7, 11) is -4.02. The Bertz CT molecular complexity index is 1360. The Morgan fingerprint density at radius 2 is 1.76 bits per heavy atom. The molecule has 2 aromatic heterocycles. The highest BCUT2D eigenvalue weighted by molar-refractivity contribution is 7.89. The minimum Gasteiger partial charge on any atom is -0.467 e. The minimum absolute atomic E-state index is 0.0166. The fourth-order valence-electron chi connectivity index (χ4n) is 3.69. The summed E-state index contributed by atoms with van der Waals surface area (Å²) in [5.74, 6) is 0.263. The van der Waals surface area contributed by atoms with Crippen molar-refractivity contribution in [1.29, 1.82) is 0 Å². The Morgan fingerprint density at radius 3 is 2.50 bits per heavy atom. The van der Waals surface area contributed by atoms with Crippen molar-refractivity contribution in [2.75, 3.05) is 13.1 Å². The summed E-state index contributed by atoms with van der Waals surface area (Å²) in [6.07, 6.45) is 4.56. The molecule has 0 N–H and O–H groups in total. The Hall–Kier alpha value is -3.75. The molecule has 0 saturated carbocycles. The zero-order valence-corrected chi connectivity index (χ0v) is 19.4. The van der Waals surface area contributed by atoms with E-state index in [0.717, 1.165) is 9.87 Å². The lowest BCUT2D eigenvalue weighted by atomic mass is 10.2. The summed E-state index contributed by atoms with van der Waals surface area (Å²) >= 11 is 0. The number of benzene rings is 2. The first-order valence-electron chi connectivity index (χ1n) is 10.8. The van der Waals surface area contributed by atoms with Gasteiger partial charge in [-0.2, -0.15) is 4.31 Å². The van der Waals surface area contributed by atoms with Crippen molar-refractivity contribution < 1.29 is 17.6 Å². The van der Waals surface area contributed by atoms with Crippen molar-refractivity contribution in [2.24, 2.45) is 0 Å². The first kappa shape index (κ1) is 23.4. The van der Waals surface area contributed by atoms with E-state index in [1.165, 1.54) is 12.1 Å². The zero-order valence-electron chi connectivity index (χ0n) is 18.6. The van der Waals surface area contributed by atoms with E-state index >= 15 is 0 Å². The van der Waals surface area contributed by atoms with Gasteiger partial charge in [0.15, 0.2) is 0 Å². The number of fused-ring (bicyclic) bond motifs is 1. The molecule has 34 heavy (non-hydrogen) atoms. The molecule has 1 amide bonds. The van der Waals surface area contributed by atoms with E-state index in [0.29, 0.717) is 23.2 Å². The number of carbonyl (C=O) groups excluding carboxylic acids is 1. The third-order valence-electron chi connectivity index (χ3n) is 5.35. The molecule has 0 atom stereocenters. The molecule has 0 aliphatic carbocycles. The molecular weight excluding hydrogens is 450 g/mol. The standard InChI is InChI=1S/C26H25N3O4S/c1-2-16-29(34(31,32)24-14-6-11-22-12-7-15-27-26(22)24)20-25(30)28(19-23-13-8-17-33-23)18-21-9-4-3-5-10-21/h2-15,17H,1,16,18-20H2. The van der Waals surface area contributed by atoms with Gasteiger partial charge in [0.25, 0.3) is 0 Å². The maximum atomic E-state index is 13.6. The van der Waals surface area contributed by atoms with Gasteiger partial charge in [-0.05, 0) is 29.8 Å². The third kappa shape index (κ3) is 5.24. The molecule has 174 valence electrons. The van der Waals surface area contributed by atoms with Gasteiger partial charge in [0.05, 0.1) is 24.9 Å². The molecule has 0 saturated heterocycles. The number of carbonyl (C=O) groups is 1. The quantitative estimate of drug-likeness (QED) is 0.321. The Morgan fingerprint density at radius 1 is 0.971 bits per heavy atom. The number of amides is 1. The molecule has 2 heterocycles. The van der Waals surface area contributed by atoms with Crippen LogP contribution in [0.2, 0.25) is 0 Å². The number of aromatic nitrogens is 1. The highest BCUT2D eigenvalue weighted by Crippen LogP contribution is 2.24. The lowest BCUT2D eigenvalue weighted by Gasteiger charge is -2.26. The Kier molecular flexibility index (Phi) is 7.20. The van der Waals surface area contributed by atoms with Crippen LogP contribution in [0.1, 0.15) is 11.3 Å². The van der Waals surface area contributed by atoms with Gasteiger partial charge in [0.2, 0.25) is 15.9 Å². The van der Waals surface area contributed by atoms with E-state index in [2.05, 4.69) is 11.6 Å². The van der Waals surface area contributed by atoms with E-state index in [9.17, 15) is 13.2 Å². The molecule has 4 aromatic rings. The number of nitrogens with zero attached hydrogens (tertiary/aromatic N) is 3. The molecule has 0 radical (unpaired) electrons. The van der Waals surface area contributed by atoms with Gasteiger partial charge in [0.1, 0.15) is 10.7 Å². The molecule has 7 nitrogen and oxygen atoms in total. The van der Waals surface area contributed by atoms with Gasteiger partial charge in [0, 0.05) is 24.7 Å². The highest BCUT2D eigenvalue weighted by Gasteiger charge is 2.30. The van der Waals surface area contributed by atoms with E-state index in [1.807, 2.05) is 30.3 Å². The van der Waals surface area contributed by atoms with Crippen molar-refractivity contribution in [3.63, 3.8) is 0 Å². The number of hydrogen-bond acceptors (Lipinski definition) is 5. The van der Waals surface area contributed by atoms with Gasteiger partial charge in [-0.25, -0.2) is 8.42 Å². The predicted octanol–water partition coefficient (Wildman–Crippen LogP) is 4.23. The molecule has 0 bridgehead atoms. The van der Waals surface area contributed by atoms with Crippen LogP contribution in [0.25, 0.3) is 10.9 Å². The third-order valence-corrected chi connectivity index (χ3v) is 7.20. The van der Waals surface area contributed by atoms with Crippen molar-refractivity contribution >= 4 is 26.8 Å². The van der Waals surface area contributed by atoms with Crippen LogP contribution in [0.4, 0.5) is 0 Å². The normalized spacial score (nSPS) is 11.6. The van der Waals surface area contributed by atoms with Crippen LogP contribution in [0.15, 0.2) is 107 Å². The predicted molar refractivity (Wildman–Crippen MR) is 130 cm³/mol. The second-order valence-corrected chi connectivity index (χ2v) is 9.64. The van der Waals surface area contributed by atoms with Crippen LogP contribution in [-0.4, -0.2) is 41.6 Å². The van der Waals surface area contributed by atoms with Crippen LogP contribution in [0, 0.1) is 0 Å². The smallest absolute Gasteiger partial charge is 0.246 e. The summed E-state index contributed by atoms with van der Waals surface area (Å²) in [5.41, 5.74) is 1.29. The summed E-state index contributed by atoms with van der Waals surface area (Å²) in [6.45, 7) is 3.87. The molecule has 2 aromatic carbocycles.